The van der Waals surface area contributed by atoms with Crippen molar-refractivity contribution in [2.45, 2.75) is 45.3 Å². The van der Waals surface area contributed by atoms with Crippen molar-refractivity contribution in [3.05, 3.63) is 78.1 Å². The normalized spacial score (nSPS) is 14.0. The number of nitrogens with one attached hydrogen (secondary N) is 3. The van der Waals surface area contributed by atoms with Crippen LogP contribution < -0.4 is 16.4 Å². The summed E-state index contributed by atoms with van der Waals surface area (Å²) in [6, 6.07) is 16.5. The van der Waals surface area contributed by atoms with E-state index >= 15 is 0 Å². The molecule has 0 spiro atoms. The Bertz CT molecular complexity index is 1290. The van der Waals surface area contributed by atoms with Gasteiger partial charge in [-0.25, -0.2) is 4.98 Å². The van der Waals surface area contributed by atoms with Crippen molar-refractivity contribution in [3.8, 4) is 0 Å². The number of nitrogens with two attached hydrogens (primary N) is 1. The smallest absolute Gasteiger partial charge is 0.243 e. The Kier molecular flexibility index (Phi) is 7.23. The van der Waals surface area contributed by atoms with Crippen LogP contribution in [0.15, 0.2) is 67.0 Å². The predicted molar refractivity (Wildman–Crippen MR) is 135 cm³/mol. The molecular formula is C27H31N5O2. The maximum atomic E-state index is 13.3. The van der Waals surface area contributed by atoms with E-state index in [9.17, 15) is 9.59 Å². The van der Waals surface area contributed by atoms with Gasteiger partial charge in [-0.2, -0.15) is 0 Å². The van der Waals surface area contributed by atoms with Crippen LogP contribution in [0.3, 0.4) is 0 Å². The van der Waals surface area contributed by atoms with Crippen LogP contribution in [0, 0.1) is 5.92 Å². The van der Waals surface area contributed by atoms with Crippen LogP contribution in [-0.2, 0) is 22.6 Å². The molecule has 2 heterocycles. The summed E-state index contributed by atoms with van der Waals surface area (Å²) in [5.74, 6) is -0.558. The van der Waals surface area contributed by atoms with E-state index in [4.69, 9.17) is 5.73 Å². The number of benzene rings is 2. The molecule has 1 unspecified atom stereocenters. The van der Waals surface area contributed by atoms with Crippen molar-refractivity contribution >= 4 is 33.6 Å². The first-order chi connectivity index (χ1) is 16.5. The van der Waals surface area contributed by atoms with Crippen LogP contribution in [0.5, 0.6) is 0 Å². The van der Waals surface area contributed by atoms with E-state index in [1.807, 2.05) is 74.6 Å². The van der Waals surface area contributed by atoms with Crippen molar-refractivity contribution in [2.75, 3.05) is 0 Å². The number of carbonyl (C=O) groups excluding carboxylic acids is 2. The van der Waals surface area contributed by atoms with Crippen LogP contribution >= 0.6 is 0 Å². The number of nitrogens with zero attached hydrogens (tertiary/aromatic N) is 1. The zero-order chi connectivity index (χ0) is 24.1. The minimum Gasteiger partial charge on any atom is -0.350 e. The Morgan fingerprint density at radius 3 is 2.68 bits per heavy atom. The van der Waals surface area contributed by atoms with Crippen molar-refractivity contribution in [2.24, 2.45) is 11.7 Å². The lowest BCUT2D eigenvalue weighted by Crippen LogP contribution is -2.53. The molecule has 4 rings (SSSR count). The first-order valence-electron chi connectivity index (χ1n) is 11.7. The second-order valence-corrected chi connectivity index (χ2v) is 8.79. The average Bonchev–Trinajstić information content (AvgIpc) is 3.34. The van der Waals surface area contributed by atoms with Gasteiger partial charge >= 0.3 is 0 Å². The number of hydrogen-bond acceptors (Lipinski definition) is 4. The molecule has 7 nitrogen and oxygen atoms in total. The van der Waals surface area contributed by atoms with Crippen molar-refractivity contribution in [1.29, 1.82) is 0 Å². The van der Waals surface area contributed by atoms with E-state index in [0.29, 0.717) is 13.0 Å². The standard InChI is InChI=1S/C27H31N5O2/c1-3-17(2)24(28)27(34)32-23(14-20-9-6-8-19-7-4-5-10-22(19)20)26(33)31-16-18-13-21-11-12-29-25(21)30-15-18/h4-13,15,17,23-24H,3,14,16,28H2,1-2H3,(H,29,30)(H,31,33)(H,32,34)/t17?,23-,24+/m1/s1. The molecule has 7 heteroatoms. The first-order valence-corrected chi connectivity index (χ1v) is 11.7. The Morgan fingerprint density at radius 1 is 1.06 bits per heavy atom. The molecule has 2 aromatic carbocycles. The average molecular weight is 458 g/mol. The lowest BCUT2D eigenvalue weighted by Gasteiger charge is -2.23. The van der Waals surface area contributed by atoms with Crippen molar-refractivity contribution in [3.63, 3.8) is 0 Å². The highest BCUT2D eigenvalue weighted by Gasteiger charge is 2.26. The minimum absolute atomic E-state index is 0.0143. The van der Waals surface area contributed by atoms with Crippen molar-refractivity contribution in [1.82, 2.24) is 20.6 Å². The molecule has 5 N–H and O–H groups in total. The van der Waals surface area contributed by atoms with Crippen LogP contribution in [0.2, 0.25) is 0 Å². The molecule has 4 aromatic rings. The maximum absolute atomic E-state index is 13.3. The molecule has 2 amide bonds. The number of hydrogen-bond donors (Lipinski definition) is 4. The monoisotopic (exact) mass is 457 g/mol. The fourth-order valence-electron chi connectivity index (χ4n) is 4.07. The van der Waals surface area contributed by atoms with Gasteiger partial charge in [-0.3, -0.25) is 9.59 Å². The number of pyridine rings is 1. The number of H-pyrrole nitrogens is 1. The Balaban J connectivity index is 1.54. The minimum atomic E-state index is -0.752. The molecule has 0 fully saturated rings. The zero-order valence-electron chi connectivity index (χ0n) is 19.5. The molecule has 3 atom stereocenters. The van der Waals surface area contributed by atoms with Gasteiger partial charge in [-0.15, -0.1) is 0 Å². The summed E-state index contributed by atoms with van der Waals surface area (Å²) < 4.78 is 0. The molecule has 0 saturated carbocycles. The van der Waals surface area contributed by atoms with E-state index in [1.54, 1.807) is 6.20 Å². The summed E-state index contributed by atoms with van der Waals surface area (Å²) >= 11 is 0. The third-order valence-corrected chi connectivity index (χ3v) is 6.42. The fourth-order valence-corrected chi connectivity index (χ4v) is 4.07. The van der Waals surface area contributed by atoms with Gasteiger partial charge in [0.05, 0.1) is 6.04 Å². The van der Waals surface area contributed by atoms with Gasteiger partial charge in [0, 0.05) is 30.7 Å². The highest BCUT2D eigenvalue weighted by molar-refractivity contribution is 5.91. The van der Waals surface area contributed by atoms with Gasteiger partial charge in [-0.1, -0.05) is 62.7 Å². The van der Waals surface area contributed by atoms with E-state index in [1.165, 1.54) is 0 Å². The van der Waals surface area contributed by atoms with Gasteiger partial charge in [0.15, 0.2) is 0 Å². The summed E-state index contributed by atoms with van der Waals surface area (Å²) in [7, 11) is 0. The molecule has 34 heavy (non-hydrogen) atoms. The van der Waals surface area contributed by atoms with E-state index < -0.39 is 12.1 Å². The van der Waals surface area contributed by atoms with Gasteiger partial charge in [0.2, 0.25) is 11.8 Å². The predicted octanol–water partition coefficient (Wildman–Crippen LogP) is 3.43. The SMILES string of the molecule is CCC(C)[C@H](N)C(=O)N[C@H](Cc1cccc2ccccc12)C(=O)NCc1cnc2[nH]ccc2c1. The number of aromatic nitrogens is 2. The quantitative estimate of drug-likeness (QED) is 0.308. The summed E-state index contributed by atoms with van der Waals surface area (Å²) in [5, 5.41) is 9.01. The third-order valence-electron chi connectivity index (χ3n) is 6.42. The third kappa shape index (κ3) is 5.26. The molecule has 0 saturated heterocycles. The summed E-state index contributed by atoms with van der Waals surface area (Å²) in [6.45, 7) is 4.24. The zero-order valence-corrected chi connectivity index (χ0v) is 19.5. The molecule has 0 aliphatic rings. The first kappa shape index (κ1) is 23.4. The number of aromatic amines is 1. The van der Waals surface area contributed by atoms with Gasteiger partial charge < -0.3 is 21.4 Å². The molecule has 0 aliphatic heterocycles. The Hall–Kier alpha value is -3.71. The number of carbonyl (C=O) groups is 2. The van der Waals surface area contributed by atoms with E-state index in [2.05, 4.69) is 20.6 Å². The van der Waals surface area contributed by atoms with Crippen LogP contribution in [-0.4, -0.2) is 33.9 Å². The highest BCUT2D eigenvalue weighted by atomic mass is 16.2. The van der Waals surface area contributed by atoms with Gasteiger partial charge in [-0.05, 0) is 39.9 Å². The second-order valence-electron chi connectivity index (χ2n) is 8.79. The van der Waals surface area contributed by atoms with Crippen LogP contribution in [0.4, 0.5) is 0 Å². The van der Waals surface area contributed by atoms with Crippen LogP contribution in [0.25, 0.3) is 21.8 Å². The summed E-state index contributed by atoms with van der Waals surface area (Å²) in [5.41, 5.74) is 8.83. The van der Waals surface area contributed by atoms with Crippen molar-refractivity contribution < 1.29 is 9.59 Å². The van der Waals surface area contributed by atoms with E-state index in [0.717, 1.165) is 39.4 Å². The highest BCUT2D eigenvalue weighted by Crippen LogP contribution is 2.20. The Labute approximate surface area is 199 Å². The fraction of sp³-hybridized carbons (Fsp3) is 0.296. The Morgan fingerprint density at radius 2 is 1.85 bits per heavy atom. The molecule has 0 aliphatic carbocycles. The summed E-state index contributed by atoms with van der Waals surface area (Å²) in [6.07, 6.45) is 4.71. The van der Waals surface area contributed by atoms with Crippen LogP contribution in [0.1, 0.15) is 31.4 Å². The molecular weight excluding hydrogens is 426 g/mol. The lowest BCUT2D eigenvalue weighted by molar-refractivity contribution is -0.130. The number of rotatable bonds is 9. The topological polar surface area (TPSA) is 113 Å². The van der Waals surface area contributed by atoms with E-state index in [-0.39, 0.29) is 17.7 Å². The van der Waals surface area contributed by atoms with Gasteiger partial charge in [0.1, 0.15) is 11.7 Å². The molecule has 176 valence electrons. The number of fused-ring (bicyclic) bond motifs is 2. The number of amides is 2. The molecule has 0 radical (unpaired) electrons. The largest absolute Gasteiger partial charge is 0.350 e. The lowest BCUT2D eigenvalue weighted by atomic mass is 9.96. The molecule has 2 aromatic heterocycles. The van der Waals surface area contributed by atoms with Gasteiger partial charge in [0.25, 0.3) is 0 Å². The molecule has 0 bridgehead atoms. The maximum Gasteiger partial charge on any atom is 0.243 e. The second kappa shape index (κ2) is 10.5. The summed E-state index contributed by atoms with van der Waals surface area (Å²) in [4.78, 5) is 33.6.